The van der Waals surface area contributed by atoms with Crippen LogP contribution >= 0.6 is 0 Å². The second-order valence-corrected chi connectivity index (χ2v) is 4.65. The lowest BCUT2D eigenvalue weighted by atomic mass is 9.96. The standard InChI is InChI=1S/C16H12O3/c17-15-8-6-11-9-10(5-7-13(11)15)12-3-1-2-4-14(12)16(18)19/h1-5,7,9H,6,8H2,(H,18,19). The van der Waals surface area contributed by atoms with Crippen LogP contribution in [0.2, 0.25) is 0 Å². The average molecular weight is 252 g/mol. The van der Waals surface area contributed by atoms with Gasteiger partial charge in [0.2, 0.25) is 0 Å². The highest BCUT2D eigenvalue weighted by Gasteiger charge is 2.20. The average Bonchev–Trinajstić information content (AvgIpc) is 2.80. The first-order valence-electron chi connectivity index (χ1n) is 6.15. The van der Waals surface area contributed by atoms with E-state index in [9.17, 15) is 14.7 Å². The van der Waals surface area contributed by atoms with Gasteiger partial charge in [0, 0.05) is 12.0 Å². The van der Waals surface area contributed by atoms with Crippen LogP contribution in [0.4, 0.5) is 0 Å². The zero-order chi connectivity index (χ0) is 13.4. The van der Waals surface area contributed by atoms with Gasteiger partial charge in [0.25, 0.3) is 0 Å². The number of fused-ring (bicyclic) bond motifs is 1. The van der Waals surface area contributed by atoms with Crippen LogP contribution in [0.25, 0.3) is 11.1 Å². The quantitative estimate of drug-likeness (QED) is 0.893. The summed E-state index contributed by atoms with van der Waals surface area (Å²) in [6, 6.07) is 12.5. The highest BCUT2D eigenvalue weighted by molar-refractivity contribution is 6.01. The summed E-state index contributed by atoms with van der Waals surface area (Å²) in [5.74, 6) is -0.764. The van der Waals surface area contributed by atoms with E-state index in [4.69, 9.17) is 0 Å². The number of carboxylic acids is 1. The van der Waals surface area contributed by atoms with Crippen LogP contribution in [-0.2, 0) is 6.42 Å². The van der Waals surface area contributed by atoms with Gasteiger partial charge in [-0.05, 0) is 29.2 Å². The van der Waals surface area contributed by atoms with Gasteiger partial charge in [-0.25, -0.2) is 4.79 Å². The molecule has 0 aliphatic heterocycles. The van der Waals surface area contributed by atoms with Gasteiger partial charge in [0.15, 0.2) is 5.78 Å². The number of hydrogen-bond donors (Lipinski definition) is 1. The Morgan fingerprint density at radius 2 is 1.79 bits per heavy atom. The maximum Gasteiger partial charge on any atom is 0.336 e. The number of carboxylic acid groups (broad SMARTS) is 1. The molecule has 0 saturated carbocycles. The second kappa shape index (κ2) is 4.35. The van der Waals surface area contributed by atoms with E-state index in [0.717, 1.165) is 23.1 Å². The SMILES string of the molecule is O=C1CCc2cc(-c3ccccc3C(=O)O)ccc21. The molecule has 19 heavy (non-hydrogen) atoms. The molecule has 0 unspecified atom stereocenters. The van der Waals surface area contributed by atoms with Gasteiger partial charge in [0.05, 0.1) is 5.56 Å². The molecule has 1 N–H and O–H groups in total. The topological polar surface area (TPSA) is 54.4 Å². The Labute approximate surface area is 110 Å². The monoisotopic (exact) mass is 252 g/mol. The lowest BCUT2D eigenvalue weighted by Gasteiger charge is -2.08. The van der Waals surface area contributed by atoms with Crippen molar-refractivity contribution in [3.63, 3.8) is 0 Å². The van der Waals surface area contributed by atoms with Gasteiger partial charge < -0.3 is 5.11 Å². The molecule has 3 rings (SSSR count). The number of Topliss-reactive ketones (excluding diaryl/α,β-unsaturated/α-hetero) is 1. The molecule has 0 fully saturated rings. The fraction of sp³-hybridized carbons (Fsp3) is 0.125. The highest BCUT2D eigenvalue weighted by atomic mass is 16.4. The minimum atomic E-state index is -0.938. The van der Waals surface area contributed by atoms with Crippen LogP contribution in [0.15, 0.2) is 42.5 Å². The van der Waals surface area contributed by atoms with Crippen molar-refractivity contribution in [3.05, 3.63) is 59.2 Å². The van der Waals surface area contributed by atoms with E-state index in [1.165, 1.54) is 0 Å². The van der Waals surface area contributed by atoms with E-state index in [0.29, 0.717) is 12.0 Å². The van der Waals surface area contributed by atoms with Crippen LogP contribution in [0, 0.1) is 0 Å². The zero-order valence-corrected chi connectivity index (χ0v) is 10.2. The van der Waals surface area contributed by atoms with Gasteiger partial charge in [0.1, 0.15) is 0 Å². The summed E-state index contributed by atoms with van der Waals surface area (Å²) in [4.78, 5) is 22.8. The van der Waals surface area contributed by atoms with Gasteiger partial charge in [-0.3, -0.25) is 4.79 Å². The van der Waals surface area contributed by atoms with Crippen LogP contribution in [0.1, 0.15) is 32.7 Å². The lowest BCUT2D eigenvalue weighted by Crippen LogP contribution is -1.99. The Morgan fingerprint density at radius 3 is 2.58 bits per heavy atom. The lowest BCUT2D eigenvalue weighted by molar-refractivity contribution is 0.0697. The summed E-state index contributed by atoms with van der Waals surface area (Å²) in [7, 11) is 0. The highest BCUT2D eigenvalue weighted by Crippen LogP contribution is 2.29. The van der Waals surface area contributed by atoms with Crippen molar-refractivity contribution < 1.29 is 14.7 Å². The number of hydrogen-bond acceptors (Lipinski definition) is 2. The third-order valence-corrected chi connectivity index (χ3v) is 3.50. The van der Waals surface area contributed by atoms with E-state index in [1.54, 1.807) is 24.3 Å². The van der Waals surface area contributed by atoms with Crippen molar-refractivity contribution in [2.45, 2.75) is 12.8 Å². The van der Waals surface area contributed by atoms with E-state index in [2.05, 4.69) is 0 Å². The van der Waals surface area contributed by atoms with Crippen LogP contribution < -0.4 is 0 Å². The predicted molar refractivity (Wildman–Crippen MR) is 71.5 cm³/mol. The normalized spacial score (nSPS) is 13.4. The molecule has 2 aromatic carbocycles. The molecule has 1 aliphatic carbocycles. The predicted octanol–water partition coefficient (Wildman–Crippen LogP) is 3.18. The Balaban J connectivity index is 2.14. The largest absolute Gasteiger partial charge is 0.478 e. The summed E-state index contributed by atoms with van der Waals surface area (Å²) in [5.41, 5.74) is 3.62. The molecule has 0 amide bonds. The van der Waals surface area contributed by atoms with Crippen LogP contribution in [0.3, 0.4) is 0 Å². The molecule has 0 bridgehead atoms. The molecular formula is C16H12O3. The molecule has 1 aliphatic rings. The van der Waals surface area contributed by atoms with Crippen molar-refractivity contribution in [2.24, 2.45) is 0 Å². The number of carbonyl (C=O) groups is 2. The summed E-state index contributed by atoms with van der Waals surface area (Å²) >= 11 is 0. The van der Waals surface area contributed by atoms with E-state index in [1.807, 2.05) is 18.2 Å². The first-order valence-corrected chi connectivity index (χ1v) is 6.15. The fourth-order valence-corrected chi connectivity index (χ4v) is 2.54. The number of ketones is 1. The van der Waals surface area contributed by atoms with E-state index < -0.39 is 5.97 Å². The summed E-state index contributed by atoms with van der Waals surface area (Å²) in [6.07, 6.45) is 1.30. The molecule has 0 aromatic heterocycles. The van der Waals surface area contributed by atoms with E-state index >= 15 is 0 Å². The number of rotatable bonds is 2. The van der Waals surface area contributed by atoms with Crippen LogP contribution in [0.5, 0.6) is 0 Å². The molecule has 0 spiro atoms. The maximum absolute atomic E-state index is 11.6. The molecule has 0 heterocycles. The Bertz CT molecular complexity index is 686. The van der Waals surface area contributed by atoms with E-state index in [-0.39, 0.29) is 11.3 Å². The van der Waals surface area contributed by atoms with Gasteiger partial charge in [-0.2, -0.15) is 0 Å². The van der Waals surface area contributed by atoms with Crippen molar-refractivity contribution in [1.82, 2.24) is 0 Å². The smallest absolute Gasteiger partial charge is 0.336 e. The molecule has 2 aromatic rings. The molecule has 3 nitrogen and oxygen atoms in total. The fourth-order valence-electron chi connectivity index (χ4n) is 2.54. The van der Waals surface area contributed by atoms with Crippen molar-refractivity contribution in [2.75, 3.05) is 0 Å². The molecule has 0 atom stereocenters. The molecule has 0 radical (unpaired) electrons. The maximum atomic E-state index is 11.6. The van der Waals surface area contributed by atoms with Crippen molar-refractivity contribution in [3.8, 4) is 11.1 Å². The Morgan fingerprint density at radius 1 is 1.00 bits per heavy atom. The molecule has 94 valence electrons. The number of aryl methyl sites for hydroxylation is 1. The van der Waals surface area contributed by atoms with Gasteiger partial charge in [-0.1, -0.05) is 36.4 Å². The third kappa shape index (κ3) is 1.93. The minimum absolute atomic E-state index is 0.174. The Hall–Kier alpha value is -2.42. The summed E-state index contributed by atoms with van der Waals surface area (Å²) in [5, 5.41) is 9.21. The number of carbonyl (C=O) groups excluding carboxylic acids is 1. The molecule has 3 heteroatoms. The van der Waals surface area contributed by atoms with Crippen molar-refractivity contribution in [1.29, 1.82) is 0 Å². The first kappa shape index (κ1) is 11.7. The second-order valence-electron chi connectivity index (χ2n) is 4.65. The summed E-state index contributed by atoms with van der Waals surface area (Å²) in [6.45, 7) is 0. The molecular weight excluding hydrogens is 240 g/mol. The minimum Gasteiger partial charge on any atom is -0.478 e. The summed E-state index contributed by atoms with van der Waals surface area (Å²) < 4.78 is 0. The Kier molecular flexibility index (Phi) is 2.67. The zero-order valence-electron chi connectivity index (χ0n) is 10.2. The number of aromatic carboxylic acids is 1. The van der Waals surface area contributed by atoms with Crippen molar-refractivity contribution >= 4 is 11.8 Å². The number of benzene rings is 2. The molecule has 0 saturated heterocycles. The third-order valence-electron chi connectivity index (χ3n) is 3.50. The van der Waals surface area contributed by atoms with Gasteiger partial charge in [-0.15, -0.1) is 0 Å². The van der Waals surface area contributed by atoms with Crippen LogP contribution in [-0.4, -0.2) is 16.9 Å². The first-order chi connectivity index (χ1) is 9.16. The van der Waals surface area contributed by atoms with Gasteiger partial charge >= 0.3 is 5.97 Å².